The quantitative estimate of drug-likeness (QED) is 0.364. The summed E-state index contributed by atoms with van der Waals surface area (Å²) in [5.74, 6) is -5.99. The van der Waals surface area contributed by atoms with Crippen LogP contribution in [0.3, 0.4) is 0 Å². The minimum Gasteiger partial charge on any atom is -0.485 e. The van der Waals surface area contributed by atoms with E-state index in [0.717, 1.165) is 0 Å². The zero-order valence-electron chi connectivity index (χ0n) is 13.8. The molecule has 0 amide bonds. The Hall–Kier alpha value is -3.21. The van der Waals surface area contributed by atoms with Crippen molar-refractivity contribution in [1.29, 1.82) is 0 Å². The molecule has 4 N–H and O–H groups in total. The number of ether oxygens (including phenoxy) is 1. The highest BCUT2D eigenvalue weighted by Gasteiger charge is 2.19. The Morgan fingerprint density at radius 3 is 2.37 bits per heavy atom. The highest BCUT2D eigenvalue weighted by atomic mass is 19.2. The molecule has 0 radical (unpaired) electrons. The summed E-state index contributed by atoms with van der Waals surface area (Å²) in [5, 5.41) is 11.4. The van der Waals surface area contributed by atoms with Crippen LogP contribution >= 0.6 is 0 Å². The molecule has 7 nitrogen and oxygen atoms in total. The minimum atomic E-state index is -1.53. The van der Waals surface area contributed by atoms with Crippen LogP contribution in [0.4, 0.5) is 23.5 Å². The Kier molecular flexibility index (Phi) is 7.06. The summed E-state index contributed by atoms with van der Waals surface area (Å²) in [6.07, 6.45) is 4.94. The van der Waals surface area contributed by atoms with Crippen LogP contribution in [-0.2, 0) is 6.61 Å². The number of anilines is 1. The zero-order valence-corrected chi connectivity index (χ0v) is 13.8. The van der Waals surface area contributed by atoms with Crippen molar-refractivity contribution in [2.24, 2.45) is 10.7 Å². The number of aliphatic imine (C=N–C) groups is 1. The second-order valence-corrected chi connectivity index (χ2v) is 4.98. The minimum absolute atomic E-state index is 0.0104. The standard InChI is InChI=1S/C16H15F4N5O2/c17-12-3-13(18)15(20)11(14(12)19)8-27-10-6-23-16(24-7-10)25-9(4-21)5-22-1-2-26/h3-7,26H,1-2,8,21H2,(H,23,24,25)/b9-4+,22-5?. The fourth-order valence-corrected chi connectivity index (χ4v) is 1.83. The predicted molar refractivity (Wildman–Crippen MR) is 89.0 cm³/mol. The van der Waals surface area contributed by atoms with E-state index in [2.05, 4.69) is 20.3 Å². The topological polar surface area (TPSA) is 106 Å². The van der Waals surface area contributed by atoms with Gasteiger partial charge < -0.3 is 20.9 Å². The third-order valence-corrected chi connectivity index (χ3v) is 3.11. The summed E-state index contributed by atoms with van der Waals surface area (Å²) in [4.78, 5) is 11.7. The number of halogens is 4. The zero-order chi connectivity index (χ0) is 19.8. The third kappa shape index (κ3) is 5.38. The van der Waals surface area contributed by atoms with Gasteiger partial charge in [0, 0.05) is 18.5 Å². The molecular formula is C16H15F4N5O2. The normalized spacial score (nSPS) is 11.8. The molecule has 0 unspecified atom stereocenters. The van der Waals surface area contributed by atoms with E-state index in [0.29, 0.717) is 5.70 Å². The highest BCUT2D eigenvalue weighted by molar-refractivity contribution is 5.81. The van der Waals surface area contributed by atoms with Gasteiger partial charge in [0.05, 0.1) is 36.8 Å². The first-order valence-corrected chi connectivity index (χ1v) is 7.52. The molecule has 27 heavy (non-hydrogen) atoms. The lowest BCUT2D eigenvalue weighted by atomic mass is 10.2. The fraction of sp³-hybridized carbons (Fsp3) is 0.188. The van der Waals surface area contributed by atoms with E-state index >= 15 is 0 Å². The number of nitrogens with one attached hydrogen (secondary N) is 1. The van der Waals surface area contributed by atoms with Gasteiger partial charge in [-0.25, -0.2) is 27.5 Å². The first-order valence-electron chi connectivity index (χ1n) is 7.52. The first kappa shape index (κ1) is 20.1. The van der Waals surface area contributed by atoms with Gasteiger partial charge in [0.25, 0.3) is 0 Å². The molecule has 144 valence electrons. The number of aliphatic hydroxyl groups excluding tert-OH is 1. The molecule has 11 heteroatoms. The molecule has 2 aromatic rings. The lowest BCUT2D eigenvalue weighted by Crippen LogP contribution is -2.09. The van der Waals surface area contributed by atoms with Crippen molar-refractivity contribution >= 4 is 12.2 Å². The van der Waals surface area contributed by atoms with Crippen LogP contribution in [0.15, 0.2) is 35.3 Å². The van der Waals surface area contributed by atoms with Gasteiger partial charge in [0.2, 0.25) is 5.95 Å². The summed E-state index contributed by atoms with van der Waals surface area (Å²) in [6.45, 7) is -0.683. The smallest absolute Gasteiger partial charge is 0.227 e. The Labute approximate surface area is 151 Å². The molecule has 0 saturated heterocycles. The van der Waals surface area contributed by atoms with Crippen LogP contribution in [0.1, 0.15) is 5.56 Å². The average Bonchev–Trinajstić information content (AvgIpc) is 2.67. The summed E-state index contributed by atoms with van der Waals surface area (Å²) in [6, 6.07) is 0.115. The lowest BCUT2D eigenvalue weighted by molar-refractivity contribution is 0.283. The molecule has 0 bridgehead atoms. The first-order chi connectivity index (χ1) is 13.0. The summed E-state index contributed by atoms with van der Waals surface area (Å²) in [7, 11) is 0. The Morgan fingerprint density at radius 1 is 1.19 bits per heavy atom. The van der Waals surface area contributed by atoms with Crippen molar-refractivity contribution in [2.45, 2.75) is 6.61 Å². The maximum Gasteiger partial charge on any atom is 0.227 e. The summed E-state index contributed by atoms with van der Waals surface area (Å²) in [5.41, 5.74) is 4.88. The number of hydrogen-bond acceptors (Lipinski definition) is 7. The molecule has 1 aromatic heterocycles. The maximum absolute atomic E-state index is 13.6. The van der Waals surface area contributed by atoms with Crippen molar-refractivity contribution < 1.29 is 27.4 Å². The number of aromatic nitrogens is 2. The molecule has 1 aromatic carbocycles. The van der Waals surface area contributed by atoms with E-state index in [9.17, 15) is 17.6 Å². The molecule has 0 aliphatic heterocycles. The fourth-order valence-electron chi connectivity index (χ4n) is 1.83. The summed E-state index contributed by atoms with van der Waals surface area (Å²) < 4.78 is 58.5. The molecule has 0 aliphatic rings. The number of nitrogens with two attached hydrogens (primary N) is 1. The van der Waals surface area contributed by atoms with Gasteiger partial charge in [-0.1, -0.05) is 0 Å². The second-order valence-electron chi connectivity index (χ2n) is 4.98. The van der Waals surface area contributed by atoms with E-state index in [1.807, 2.05) is 0 Å². The molecule has 1 heterocycles. The van der Waals surface area contributed by atoms with Crippen molar-refractivity contribution in [3.8, 4) is 5.75 Å². The van der Waals surface area contributed by atoms with Gasteiger partial charge in [0.15, 0.2) is 29.0 Å². The Morgan fingerprint density at radius 2 is 1.81 bits per heavy atom. The Balaban J connectivity index is 2.03. The van der Waals surface area contributed by atoms with Gasteiger partial charge in [0.1, 0.15) is 6.61 Å². The van der Waals surface area contributed by atoms with Crippen LogP contribution in [-0.4, -0.2) is 34.4 Å². The maximum atomic E-state index is 13.6. The number of nitrogens with zero attached hydrogens (tertiary/aromatic N) is 3. The van der Waals surface area contributed by atoms with Gasteiger partial charge in [-0.15, -0.1) is 0 Å². The van der Waals surface area contributed by atoms with Crippen LogP contribution in [0.2, 0.25) is 0 Å². The van der Waals surface area contributed by atoms with Crippen molar-refractivity contribution in [2.75, 3.05) is 18.5 Å². The number of allylic oxidation sites excluding steroid dienone is 1. The molecule has 0 saturated carbocycles. The monoisotopic (exact) mass is 385 g/mol. The SMILES string of the molecule is N/C=C(\C=NCCO)Nc1ncc(OCc2c(F)c(F)cc(F)c2F)cn1. The predicted octanol–water partition coefficient (Wildman–Crippen LogP) is 1.89. The van der Waals surface area contributed by atoms with Crippen molar-refractivity contribution in [1.82, 2.24) is 9.97 Å². The molecule has 0 fully saturated rings. The molecular weight excluding hydrogens is 370 g/mol. The van der Waals surface area contributed by atoms with E-state index < -0.39 is 35.4 Å². The Bertz CT molecular complexity index is 817. The number of hydrogen-bond donors (Lipinski definition) is 3. The van der Waals surface area contributed by atoms with Crippen LogP contribution in [0, 0.1) is 23.3 Å². The van der Waals surface area contributed by atoms with Gasteiger partial charge in [-0.2, -0.15) is 0 Å². The number of aliphatic hydroxyl groups is 1. The van der Waals surface area contributed by atoms with Crippen LogP contribution < -0.4 is 15.8 Å². The van der Waals surface area contributed by atoms with Gasteiger partial charge >= 0.3 is 0 Å². The second kappa shape index (κ2) is 9.48. The summed E-state index contributed by atoms with van der Waals surface area (Å²) >= 11 is 0. The van der Waals surface area contributed by atoms with Crippen LogP contribution in [0.25, 0.3) is 0 Å². The van der Waals surface area contributed by atoms with E-state index in [4.69, 9.17) is 15.6 Å². The number of rotatable bonds is 8. The highest BCUT2D eigenvalue weighted by Crippen LogP contribution is 2.21. The number of benzene rings is 1. The van der Waals surface area contributed by atoms with E-state index in [1.54, 1.807) is 0 Å². The largest absolute Gasteiger partial charge is 0.485 e. The third-order valence-electron chi connectivity index (χ3n) is 3.11. The van der Waals surface area contributed by atoms with Gasteiger partial charge in [-0.05, 0) is 0 Å². The molecule has 0 atom stereocenters. The van der Waals surface area contributed by atoms with E-state index in [-0.39, 0.29) is 30.9 Å². The lowest BCUT2D eigenvalue weighted by Gasteiger charge is -2.09. The average molecular weight is 385 g/mol. The van der Waals surface area contributed by atoms with E-state index in [1.165, 1.54) is 24.8 Å². The van der Waals surface area contributed by atoms with Crippen LogP contribution in [0.5, 0.6) is 5.75 Å². The molecule has 2 rings (SSSR count). The van der Waals surface area contributed by atoms with Crippen molar-refractivity contribution in [3.63, 3.8) is 0 Å². The van der Waals surface area contributed by atoms with Crippen molar-refractivity contribution in [3.05, 3.63) is 59.2 Å². The molecule has 0 spiro atoms. The molecule has 0 aliphatic carbocycles. The van der Waals surface area contributed by atoms with Gasteiger partial charge in [-0.3, -0.25) is 4.99 Å².